The van der Waals surface area contributed by atoms with Gasteiger partial charge >= 0.3 is 11.9 Å². The third-order valence-electron chi connectivity index (χ3n) is 1.87. The fourth-order valence-electron chi connectivity index (χ4n) is 1.18. The third-order valence-corrected chi connectivity index (χ3v) is 1.87. The molecule has 0 aliphatic rings. The second-order valence-electron chi connectivity index (χ2n) is 3.41. The number of esters is 1. The summed E-state index contributed by atoms with van der Waals surface area (Å²) in [6.45, 7) is 0.704. The second kappa shape index (κ2) is 8.04. The van der Waals surface area contributed by atoms with Crippen LogP contribution < -0.4 is 5.73 Å². The Morgan fingerprint density at radius 2 is 1.78 bits per heavy atom. The van der Waals surface area contributed by atoms with Gasteiger partial charge in [-0.1, -0.05) is 0 Å². The van der Waals surface area contributed by atoms with Gasteiger partial charge in [0.25, 0.3) is 0 Å². The van der Waals surface area contributed by atoms with E-state index in [1.807, 2.05) is 0 Å². The first-order valence-electron chi connectivity index (χ1n) is 5.30. The van der Waals surface area contributed by atoms with Crippen molar-refractivity contribution < 1.29 is 29.0 Å². The summed E-state index contributed by atoms with van der Waals surface area (Å²) in [5.41, 5.74) is 4.89. The van der Waals surface area contributed by atoms with Crippen LogP contribution in [0.3, 0.4) is 0 Å². The molecular weight excluding hydrogens is 244 g/mol. The Morgan fingerprint density at radius 1 is 1.17 bits per heavy atom. The lowest BCUT2D eigenvalue weighted by atomic mass is 10.2. The number of carbonyl (C=O) groups is 4. The number of nitrogens with two attached hydrogens (primary N) is 1. The van der Waals surface area contributed by atoms with Crippen molar-refractivity contribution in [3.05, 3.63) is 0 Å². The van der Waals surface area contributed by atoms with Crippen LogP contribution >= 0.6 is 0 Å². The lowest BCUT2D eigenvalue weighted by Gasteiger charge is -2.18. The highest BCUT2D eigenvalue weighted by molar-refractivity contribution is 5.88. The SMILES string of the molecule is CCOC(=O)CCC(=O)N(CC(N)=O)CC(=O)O. The molecule has 0 rings (SSSR count). The van der Waals surface area contributed by atoms with Gasteiger partial charge in [0.2, 0.25) is 11.8 Å². The van der Waals surface area contributed by atoms with Gasteiger partial charge in [0.15, 0.2) is 0 Å². The third kappa shape index (κ3) is 7.20. The number of amides is 2. The molecule has 0 unspecified atom stereocenters. The number of rotatable bonds is 8. The molecule has 102 valence electrons. The Morgan fingerprint density at radius 3 is 2.22 bits per heavy atom. The number of hydrogen-bond acceptors (Lipinski definition) is 5. The first-order valence-corrected chi connectivity index (χ1v) is 5.30. The molecule has 0 aromatic rings. The van der Waals surface area contributed by atoms with E-state index in [1.165, 1.54) is 0 Å². The topological polar surface area (TPSA) is 127 Å². The molecule has 0 aliphatic carbocycles. The first kappa shape index (κ1) is 15.9. The van der Waals surface area contributed by atoms with E-state index in [0.29, 0.717) is 0 Å². The molecule has 3 N–H and O–H groups in total. The van der Waals surface area contributed by atoms with Gasteiger partial charge in [0.1, 0.15) is 6.54 Å². The van der Waals surface area contributed by atoms with Gasteiger partial charge in [-0.3, -0.25) is 19.2 Å². The highest BCUT2D eigenvalue weighted by atomic mass is 16.5. The maximum absolute atomic E-state index is 11.6. The van der Waals surface area contributed by atoms with Crippen molar-refractivity contribution in [3.63, 3.8) is 0 Å². The lowest BCUT2D eigenvalue weighted by molar-refractivity contribution is -0.148. The molecule has 0 aromatic carbocycles. The van der Waals surface area contributed by atoms with Crippen LogP contribution in [0.15, 0.2) is 0 Å². The molecular formula is C10H16N2O6. The molecule has 0 atom stereocenters. The maximum Gasteiger partial charge on any atom is 0.323 e. The van der Waals surface area contributed by atoms with E-state index in [2.05, 4.69) is 4.74 Å². The Hall–Kier alpha value is -2.12. The van der Waals surface area contributed by atoms with Crippen molar-refractivity contribution >= 4 is 23.8 Å². The van der Waals surface area contributed by atoms with Crippen LogP contribution in [-0.2, 0) is 23.9 Å². The van der Waals surface area contributed by atoms with Crippen molar-refractivity contribution in [2.75, 3.05) is 19.7 Å². The molecule has 8 nitrogen and oxygen atoms in total. The summed E-state index contributed by atoms with van der Waals surface area (Å²) >= 11 is 0. The van der Waals surface area contributed by atoms with Crippen molar-refractivity contribution in [1.82, 2.24) is 4.90 Å². The van der Waals surface area contributed by atoms with Crippen LogP contribution in [0.5, 0.6) is 0 Å². The Bertz CT molecular complexity index is 325. The van der Waals surface area contributed by atoms with Crippen molar-refractivity contribution in [3.8, 4) is 0 Å². The number of carboxylic acids is 1. The van der Waals surface area contributed by atoms with Crippen LogP contribution in [0, 0.1) is 0 Å². The smallest absolute Gasteiger partial charge is 0.323 e. The number of carboxylic acid groups (broad SMARTS) is 1. The average Bonchev–Trinajstić information content (AvgIpc) is 2.24. The molecule has 0 saturated heterocycles. The summed E-state index contributed by atoms with van der Waals surface area (Å²) in [7, 11) is 0. The van der Waals surface area contributed by atoms with Gasteiger partial charge in [-0.2, -0.15) is 0 Å². The van der Waals surface area contributed by atoms with Gasteiger partial charge in [-0.25, -0.2) is 0 Å². The van der Waals surface area contributed by atoms with E-state index in [1.54, 1.807) is 6.92 Å². The Balaban J connectivity index is 4.32. The number of aliphatic carboxylic acids is 1. The van der Waals surface area contributed by atoms with Gasteiger partial charge in [0.05, 0.1) is 19.6 Å². The Kier molecular flexibility index (Phi) is 7.10. The van der Waals surface area contributed by atoms with Crippen LogP contribution in [0.1, 0.15) is 19.8 Å². The van der Waals surface area contributed by atoms with E-state index in [-0.39, 0.29) is 19.4 Å². The highest BCUT2D eigenvalue weighted by Gasteiger charge is 2.19. The minimum Gasteiger partial charge on any atom is -0.480 e. The minimum absolute atomic E-state index is 0.165. The molecule has 0 saturated carbocycles. The second-order valence-corrected chi connectivity index (χ2v) is 3.41. The summed E-state index contributed by atoms with van der Waals surface area (Å²) in [5, 5.41) is 8.57. The lowest BCUT2D eigenvalue weighted by Crippen LogP contribution is -2.41. The minimum atomic E-state index is -1.26. The predicted molar refractivity (Wildman–Crippen MR) is 59.3 cm³/mol. The molecule has 0 heterocycles. The van der Waals surface area contributed by atoms with Crippen molar-refractivity contribution in [2.24, 2.45) is 5.73 Å². The number of carbonyl (C=O) groups excluding carboxylic acids is 3. The predicted octanol–water partition coefficient (Wildman–Crippen LogP) is -1.27. The highest BCUT2D eigenvalue weighted by Crippen LogP contribution is 2.00. The zero-order valence-electron chi connectivity index (χ0n) is 10.0. The monoisotopic (exact) mass is 260 g/mol. The largest absolute Gasteiger partial charge is 0.480 e. The molecule has 0 bridgehead atoms. The van der Waals surface area contributed by atoms with E-state index in [0.717, 1.165) is 4.90 Å². The van der Waals surface area contributed by atoms with Crippen molar-refractivity contribution in [1.29, 1.82) is 0 Å². The van der Waals surface area contributed by atoms with E-state index < -0.39 is 36.8 Å². The number of hydrogen-bond donors (Lipinski definition) is 2. The van der Waals surface area contributed by atoms with Gasteiger partial charge < -0.3 is 20.5 Å². The zero-order chi connectivity index (χ0) is 14.1. The maximum atomic E-state index is 11.6. The van der Waals surface area contributed by atoms with E-state index in [4.69, 9.17) is 10.8 Å². The molecule has 18 heavy (non-hydrogen) atoms. The normalized spacial score (nSPS) is 9.61. The van der Waals surface area contributed by atoms with Crippen molar-refractivity contribution in [2.45, 2.75) is 19.8 Å². The van der Waals surface area contributed by atoms with Crippen LogP contribution in [0.2, 0.25) is 0 Å². The molecule has 0 fully saturated rings. The van der Waals surface area contributed by atoms with Crippen LogP contribution in [0.25, 0.3) is 0 Å². The number of primary amides is 1. The van der Waals surface area contributed by atoms with Crippen LogP contribution in [-0.4, -0.2) is 53.5 Å². The standard InChI is InChI=1S/C10H16N2O6/c1-2-18-10(17)4-3-8(14)12(5-7(11)13)6-9(15)16/h2-6H2,1H3,(H2,11,13)(H,15,16). The first-order chi connectivity index (χ1) is 8.36. The molecule has 2 amide bonds. The van der Waals surface area contributed by atoms with E-state index in [9.17, 15) is 19.2 Å². The van der Waals surface area contributed by atoms with Gasteiger partial charge in [0, 0.05) is 6.42 Å². The summed E-state index contributed by atoms with van der Waals surface area (Å²) in [5.74, 6) is -3.27. The molecule has 0 radical (unpaired) electrons. The molecule has 0 aromatic heterocycles. The molecule has 8 heteroatoms. The summed E-state index contributed by atoms with van der Waals surface area (Å²) in [6.07, 6.45) is -0.388. The zero-order valence-corrected chi connectivity index (χ0v) is 10.0. The number of ether oxygens (including phenoxy) is 1. The molecule has 0 spiro atoms. The summed E-state index contributed by atoms with van der Waals surface area (Å²) in [4.78, 5) is 44.5. The fourth-order valence-corrected chi connectivity index (χ4v) is 1.18. The van der Waals surface area contributed by atoms with Gasteiger partial charge in [-0.05, 0) is 6.92 Å². The Labute approximate surface area is 104 Å². The summed E-state index contributed by atoms with van der Waals surface area (Å²) in [6, 6.07) is 0. The quantitative estimate of drug-likeness (QED) is 0.524. The van der Waals surface area contributed by atoms with E-state index >= 15 is 0 Å². The number of nitrogens with zero attached hydrogens (tertiary/aromatic N) is 1. The average molecular weight is 260 g/mol. The molecule has 0 aliphatic heterocycles. The van der Waals surface area contributed by atoms with Gasteiger partial charge in [-0.15, -0.1) is 0 Å². The fraction of sp³-hybridized carbons (Fsp3) is 0.600. The summed E-state index contributed by atoms with van der Waals surface area (Å²) < 4.78 is 4.62. The van der Waals surface area contributed by atoms with Crippen LogP contribution in [0.4, 0.5) is 0 Å².